The number of nitrogens with zero attached hydrogens (tertiary/aromatic N) is 1. The first kappa shape index (κ1) is 12.6. The maximum atomic E-state index is 11.3. The number of pyridine rings is 1. The van der Waals surface area contributed by atoms with E-state index in [1.54, 1.807) is 12.1 Å². The second kappa shape index (κ2) is 4.60. The van der Waals surface area contributed by atoms with E-state index >= 15 is 0 Å². The summed E-state index contributed by atoms with van der Waals surface area (Å²) in [6, 6.07) is 13.4. The third-order valence-corrected chi connectivity index (χ3v) is 3.56. The zero-order chi connectivity index (χ0) is 14.3. The Morgan fingerprint density at radius 1 is 1.10 bits per heavy atom. The second-order valence-corrected chi connectivity index (χ2v) is 5.28. The fourth-order valence-corrected chi connectivity index (χ4v) is 2.41. The zero-order valence-corrected chi connectivity index (χ0v) is 11.4. The van der Waals surface area contributed by atoms with E-state index in [0.29, 0.717) is 11.4 Å². The molecule has 3 rings (SSSR count). The molecule has 0 radical (unpaired) electrons. The van der Waals surface area contributed by atoms with E-state index in [1.165, 1.54) is 5.56 Å². The van der Waals surface area contributed by atoms with Gasteiger partial charge in [0, 0.05) is 10.8 Å². The number of hydrogen-bond acceptors (Lipinski definition) is 2. The Kier molecular flexibility index (Phi) is 2.90. The van der Waals surface area contributed by atoms with Crippen LogP contribution in [0, 0.1) is 0 Å². The van der Waals surface area contributed by atoms with E-state index in [0.717, 1.165) is 16.3 Å². The van der Waals surface area contributed by atoms with Crippen molar-refractivity contribution in [2.75, 3.05) is 0 Å². The van der Waals surface area contributed by atoms with Gasteiger partial charge in [0.1, 0.15) is 0 Å². The number of para-hydroxylation sites is 1. The molecule has 1 N–H and O–H groups in total. The molecule has 3 heteroatoms. The molecule has 0 amide bonds. The number of hydrogen-bond donors (Lipinski definition) is 1. The molecule has 1 heterocycles. The lowest BCUT2D eigenvalue weighted by Crippen LogP contribution is -1.99. The normalized spacial score (nSPS) is 11.3. The van der Waals surface area contributed by atoms with Gasteiger partial charge in [0.05, 0.1) is 16.6 Å². The molecule has 3 aromatic rings. The van der Waals surface area contributed by atoms with Crippen LogP contribution in [-0.4, -0.2) is 16.1 Å². The van der Waals surface area contributed by atoms with Crippen LogP contribution in [0.5, 0.6) is 0 Å². The van der Waals surface area contributed by atoms with Gasteiger partial charge >= 0.3 is 5.97 Å². The highest BCUT2D eigenvalue weighted by molar-refractivity contribution is 6.04. The Labute approximate surface area is 116 Å². The lowest BCUT2D eigenvalue weighted by Gasteiger charge is -2.08. The molecule has 0 bridgehead atoms. The van der Waals surface area contributed by atoms with Gasteiger partial charge in [0.15, 0.2) is 0 Å². The summed E-state index contributed by atoms with van der Waals surface area (Å²) in [6.45, 7) is 4.30. The number of carboxylic acid groups (broad SMARTS) is 1. The molecular formula is C17H15NO2. The number of benzene rings is 2. The van der Waals surface area contributed by atoms with Gasteiger partial charge in [-0.25, -0.2) is 9.78 Å². The first-order valence-electron chi connectivity index (χ1n) is 6.63. The molecule has 20 heavy (non-hydrogen) atoms. The van der Waals surface area contributed by atoms with Gasteiger partial charge in [-0.2, -0.15) is 0 Å². The van der Waals surface area contributed by atoms with E-state index in [4.69, 9.17) is 0 Å². The first-order valence-corrected chi connectivity index (χ1v) is 6.63. The van der Waals surface area contributed by atoms with Gasteiger partial charge in [-0.1, -0.05) is 32.0 Å². The highest BCUT2D eigenvalue weighted by Gasteiger charge is 2.10. The summed E-state index contributed by atoms with van der Waals surface area (Å²) < 4.78 is 0. The van der Waals surface area contributed by atoms with Crippen LogP contribution in [-0.2, 0) is 0 Å². The number of carbonyl (C=O) groups is 1. The minimum absolute atomic E-state index is 0.248. The molecule has 0 aliphatic carbocycles. The van der Waals surface area contributed by atoms with Gasteiger partial charge < -0.3 is 5.11 Å². The van der Waals surface area contributed by atoms with Crippen molar-refractivity contribution in [1.82, 2.24) is 4.98 Å². The van der Waals surface area contributed by atoms with Crippen molar-refractivity contribution in [2.24, 2.45) is 0 Å². The molecule has 0 aliphatic heterocycles. The predicted molar refractivity (Wildman–Crippen MR) is 80.3 cm³/mol. The van der Waals surface area contributed by atoms with Crippen LogP contribution in [0.2, 0.25) is 0 Å². The Balaban J connectivity index is 2.34. The highest BCUT2D eigenvalue weighted by atomic mass is 16.4. The highest BCUT2D eigenvalue weighted by Crippen LogP contribution is 2.25. The topological polar surface area (TPSA) is 50.2 Å². The number of fused-ring (bicyclic) bond motifs is 2. The van der Waals surface area contributed by atoms with E-state index in [1.807, 2.05) is 18.2 Å². The van der Waals surface area contributed by atoms with Crippen LogP contribution in [0.25, 0.3) is 21.8 Å². The lowest BCUT2D eigenvalue weighted by atomic mass is 10.00. The van der Waals surface area contributed by atoms with E-state index in [2.05, 4.69) is 31.0 Å². The summed E-state index contributed by atoms with van der Waals surface area (Å²) in [5.74, 6) is -0.485. The summed E-state index contributed by atoms with van der Waals surface area (Å²) in [5, 5.41) is 11.1. The van der Waals surface area contributed by atoms with Gasteiger partial charge in [-0.15, -0.1) is 0 Å². The molecule has 2 aromatic carbocycles. The van der Waals surface area contributed by atoms with Crippen LogP contribution in [0.3, 0.4) is 0 Å². The second-order valence-electron chi connectivity index (χ2n) is 5.28. The molecule has 1 aromatic heterocycles. The molecule has 0 aliphatic rings. The van der Waals surface area contributed by atoms with Crippen molar-refractivity contribution in [3.05, 3.63) is 53.6 Å². The predicted octanol–water partition coefficient (Wildman–Crippen LogP) is 4.21. The summed E-state index contributed by atoms with van der Waals surface area (Å²) in [4.78, 5) is 15.8. The van der Waals surface area contributed by atoms with Crippen molar-refractivity contribution in [3.8, 4) is 0 Å². The smallest absolute Gasteiger partial charge is 0.337 e. The zero-order valence-electron chi connectivity index (χ0n) is 11.4. The number of carboxylic acids is 1. The molecular weight excluding hydrogens is 250 g/mol. The van der Waals surface area contributed by atoms with Gasteiger partial charge in [0.25, 0.3) is 0 Å². The maximum absolute atomic E-state index is 11.3. The number of aromatic carboxylic acids is 1. The van der Waals surface area contributed by atoms with Gasteiger partial charge in [0.2, 0.25) is 0 Å². The van der Waals surface area contributed by atoms with Crippen LogP contribution in [0.4, 0.5) is 0 Å². The summed E-state index contributed by atoms with van der Waals surface area (Å²) in [7, 11) is 0. The van der Waals surface area contributed by atoms with Gasteiger partial charge in [-0.3, -0.25) is 0 Å². The molecule has 0 saturated carbocycles. The Morgan fingerprint density at radius 2 is 1.90 bits per heavy atom. The molecule has 100 valence electrons. The van der Waals surface area contributed by atoms with Crippen LogP contribution in [0.15, 0.2) is 42.5 Å². The molecule has 0 atom stereocenters. The lowest BCUT2D eigenvalue weighted by molar-refractivity contribution is 0.0699. The Morgan fingerprint density at radius 3 is 2.60 bits per heavy atom. The van der Waals surface area contributed by atoms with Crippen molar-refractivity contribution in [2.45, 2.75) is 19.8 Å². The average Bonchev–Trinajstić information content (AvgIpc) is 2.43. The maximum Gasteiger partial charge on any atom is 0.337 e. The first-order chi connectivity index (χ1) is 9.56. The summed E-state index contributed by atoms with van der Waals surface area (Å²) >= 11 is 0. The van der Waals surface area contributed by atoms with Gasteiger partial charge in [-0.05, 0) is 35.7 Å². The van der Waals surface area contributed by atoms with Crippen molar-refractivity contribution < 1.29 is 9.90 Å². The molecule has 0 fully saturated rings. The molecule has 0 unspecified atom stereocenters. The monoisotopic (exact) mass is 265 g/mol. The third kappa shape index (κ3) is 2.01. The average molecular weight is 265 g/mol. The number of rotatable bonds is 2. The van der Waals surface area contributed by atoms with E-state index in [-0.39, 0.29) is 5.56 Å². The quantitative estimate of drug-likeness (QED) is 0.706. The fourth-order valence-electron chi connectivity index (χ4n) is 2.41. The third-order valence-electron chi connectivity index (χ3n) is 3.56. The van der Waals surface area contributed by atoms with Crippen LogP contribution in [0.1, 0.15) is 35.7 Å². The fraction of sp³-hybridized carbons (Fsp3) is 0.176. The van der Waals surface area contributed by atoms with Crippen molar-refractivity contribution in [3.63, 3.8) is 0 Å². The number of aromatic nitrogens is 1. The minimum Gasteiger partial charge on any atom is -0.478 e. The van der Waals surface area contributed by atoms with Crippen molar-refractivity contribution in [1.29, 1.82) is 0 Å². The summed E-state index contributed by atoms with van der Waals surface area (Å²) in [6.07, 6.45) is 0. The minimum atomic E-state index is -0.943. The van der Waals surface area contributed by atoms with Crippen LogP contribution < -0.4 is 0 Å². The van der Waals surface area contributed by atoms with Crippen molar-refractivity contribution >= 4 is 27.8 Å². The SMILES string of the molecule is CC(C)c1ccc2nc3c(C(=O)O)cccc3cc2c1. The summed E-state index contributed by atoms with van der Waals surface area (Å²) in [5.41, 5.74) is 2.88. The van der Waals surface area contributed by atoms with Crippen LogP contribution >= 0.6 is 0 Å². The molecule has 0 saturated heterocycles. The van der Waals surface area contributed by atoms with E-state index < -0.39 is 5.97 Å². The Hall–Kier alpha value is -2.42. The Bertz CT molecular complexity index is 822. The molecule has 0 spiro atoms. The van der Waals surface area contributed by atoms with E-state index in [9.17, 15) is 9.90 Å². The largest absolute Gasteiger partial charge is 0.478 e. The molecule has 3 nitrogen and oxygen atoms in total. The standard InChI is InChI=1S/C17H15NO2/c1-10(2)11-6-7-15-13(8-11)9-12-4-3-5-14(17(19)20)16(12)18-15/h3-10H,1-2H3,(H,19,20).